The monoisotopic (exact) mass is 396 g/mol. The predicted molar refractivity (Wildman–Crippen MR) is 103 cm³/mol. The van der Waals surface area contributed by atoms with Gasteiger partial charge in [-0.25, -0.2) is 4.68 Å². The lowest BCUT2D eigenvalue weighted by Crippen LogP contribution is -2.46. The number of carbonyl (C=O) groups is 2. The van der Waals surface area contributed by atoms with Crippen molar-refractivity contribution >= 4 is 23.4 Å². The second kappa shape index (κ2) is 7.01. The molecule has 0 unspecified atom stereocenters. The average molecular weight is 397 g/mol. The first kappa shape index (κ1) is 18.1. The number of amides is 2. The molecule has 1 aliphatic rings. The van der Waals surface area contributed by atoms with Gasteiger partial charge in [-0.3, -0.25) is 20.4 Å². The number of aromatic nitrogens is 2. The molecule has 1 aliphatic carbocycles. The van der Waals surface area contributed by atoms with Gasteiger partial charge in [-0.05, 0) is 42.7 Å². The fourth-order valence-corrected chi connectivity index (χ4v) is 3.28. The van der Waals surface area contributed by atoms with Gasteiger partial charge >= 0.3 is 0 Å². The van der Waals surface area contributed by atoms with Gasteiger partial charge in [-0.15, -0.1) is 0 Å². The van der Waals surface area contributed by atoms with Gasteiger partial charge < -0.3 is 5.11 Å². The molecule has 0 saturated heterocycles. The van der Waals surface area contributed by atoms with Crippen LogP contribution in [0.15, 0.2) is 60.8 Å². The molecule has 0 spiro atoms. The summed E-state index contributed by atoms with van der Waals surface area (Å²) in [4.78, 5) is 25.0. The summed E-state index contributed by atoms with van der Waals surface area (Å²) in [7, 11) is 0. The Morgan fingerprint density at radius 1 is 1.07 bits per heavy atom. The first-order valence-electron chi connectivity index (χ1n) is 8.70. The summed E-state index contributed by atoms with van der Waals surface area (Å²) < 4.78 is 1.39. The maximum atomic E-state index is 12.6. The Morgan fingerprint density at radius 2 is 1.82 bits per heavy atom. The van der Waals surface area contributed by atoms with Gasteiger partial charge in [0.25, 0.3) is 5.91 Å². The Balaban J connectivity index is 1.45. The molecule has 2 amide bonds. The van der Waals surface area contributed by atoms with Crippen molar-refractivity contribution in [3.8, 4) is 11.4 Å². The van der Waals surface area contributed by atoms with Crippen LogP contribution in [0.4, 0.5) is 0 Å². The van der Waals surface area contributed by atoms with Gasteiger partial charge in [0.15, 0.2) is 11.4 Å². The van der Waals surface area contributed by atoms with E-state index >= 15 is 0 Å². The van der Waals surface area contributed by atoms with Crippen LogP contribution in [0.3, 0.4) is 0 Å². The zero-order chi connectivity index (χ0) is 19.7. The van der Waals surface area contributed by atoms with E-state index in [-0.39, 0.29) is 17.4 Å². The highest BCUT2D eigenvalue weighted by Crippen LogP contribution is 2.48. The molecule has 1 heterocycles. The molecule has 0 radical (unpaired) electrons. The van der Waals surface area contributed by atoms with Crippen LogP contribution in [-0.2, 0) is 10.2 Å². The summed E-state index contributed by atoms with van der Waals surface area (Å²) >= 11 is 6.02. The van der Waals surface area contributed by atoms with Crippen molar-refractivity contribution in [2.75, 3.05) is 0 Å². The number of aromatic hydroxyl groups is 1. The maximum Gasteiger partial charge on any atom is 0.294 e. The van der Waals surface area contributed by atoms with E-state index in [2.05, 4.69) is 16.0 Å². The lowest BCUT2D eigenvalue weighted by atomic mass is 9.95. The molecular weight excluding hydrogens is 380 g/mol. The van der Waals surface area contributed by atoms with Gasteiger partial charge in [0.1, 0.15) is 0 Å². The van der Waals surface area contributed by atoms with Crippen LogP contribution < -0.4 is 10.9 Å². The minimum absolute atomic E-state index is 0.184. The fraction of sp³-hybridized carbons (Fsp3) is 0.150. The number of rotatable bonds is 4. The van der Waals surface area contributed by atoms with Crippen molar-refractivity contribution in [2.45, 2.75) is 18.3 Å². The van der Waals surface area contributed by atoms with Crippen LogP contribution in [-0.4, -0.2) is 26.7 Å². The summed E-state index contributed by atoms with van der Waals surface area (Å²) in [6.07, 6.45) is 2.67. The van der Waals surface area contributed by atoms with Crippen molar-refractivity contribution in [3.05, 3.63) is 77.1 Å². The molecule has 0 atom stereocenters. The number of benzene rings is 2. The Kier molecular flexibility index (Phi) is 4.52. The first-order valence-corrected chi connectivity index (χ1v) is 9.08. The number of nitrogens with one attached hydrogen (secondary N) is 2. The summed E-state index contributed by atoms with van der Waals surface area (Å²) in [6.45, 7) is 0. The van der Waals surface area contributed by atoms with Crippen LogP contribution in [0.2, 0.25) is 5.02 Å². The molecule has 0 aliphatic heterocycles. The minimum atomic E-state index is -0.706. The number of hydrogen-bond donors (Lipinski definition) is 3. The highest BCUT2D eigenvalue weighted by atomic mass is 35.5. The molecule has 142 valence electrons. The fourth-order valence-electron chi connectivity index (χ4n) is 3.09. The van der Waals surface area contributed by atoms with Crippen LogP contribution in [0.1, 0.15) is 28.9 Å². The number of nitrogens with zero attached hydrogens (tertiary/aromatic N) is 2. The summed E-state index contributed by atoms with van der Waals surface area (Å²) in [5.74, 6) is -1.32. The number of hydrogen-bond acceptors (Lipinski definition) is 4. The maximum absolute atomic E-state index is 12.6. The third-order valence-electron chi connectivity index (χ3n) is 4.78. The van der Waals surface area contributed by atoms with Crippen LogP contribution >= 0.6 is 11.6 Å². The predicted octanol–water partition coefficient (Wildman–Crippen LogP) is 2.72. The Labute approximate surface area is 165 Å². The van der Waals surface area contributed by atoms with E-state index in [0.717, 1.165) is 5.56 Å². The molecule has 0 bridgehead atoms. The van der Waals surface area contributed by atoms with Gasteiger partial charge in [0, 0.05) is 5.02 Å². The van der Waals surface area contributed by atoms with E-state index in [1.54, 1.807) is 30.3 Å². The SMILES string of the molecule is O=C(NNC(=O)C1(c2cccc(Cl)c2)CC1)c1nn(-c2ccccc2)cc1O. The third kappa shape index (κ3) is 3.32. The lowest BCUT2D eigenvalue weighted by molar-refractivity contribution is -0.124. The zero-order valence-electron chi connectivity index (χ0n) is 14.7. The Bertz CT molecular complexity index is 1040. The number of hydrazine groups is 1. The van der Waals surface area contributed by atoms with Gasteiger partial charge in [0.05, 0.1) is 17.3 Å². The van der Waals surface area contributed by atoms with Crippen molar-refractivity contribution < 1.29 is 14.7 Å². The molecule has 4 rings (SSSR count). The van der Waals surface area contributed by atoms with Crippen molar-refractivity contribution in [3.63, 3.8) is 0 Å². The lowest BCUT2D eigenvalue weighted by Gasteiger charge is -2.16. The number of halogens is 1. The summed E-state index contributed by atoms with van der Waals surface area (Å²) in [6, 6.07) is 16.2. The largest absolute Gasteiger partial charge is 0.504 e. The standard InChI is InChI=1S/C20H17ClN4O3/c21-14-6-4-5-13(11-14)20(9-10-20)19(28)23-22-18(27)17-16(26)12-25(24-17)15-7-2-1-3-8-15/h1-8,11-12,26H,9-10H2,(H,22,27)(H,23,28). The molecule has 3 N–H and O–H groups in total. The normalized spacial score (nSPS) is 14.3. The van der Waals surface area contributed by atoms with Gasteiger partial charge in [-0.2, -0.15) is 5.10 Å². The molecule has 3 aromatic rings. The third-order valence-corrected chi connectivity index (χ3v) is 5.02. The van der Waals surface area contributed by atoms with Crippen LogP contribution in [0, 0.1) is 0 Å². The van der Waals surface area contributed by atoms with E-state index in [1.807, 2.05) is 24.3 Å². The highest BCUT2D eigenvalue weighted by Gasteiger charge is 2.51. The van der Waals surface area contributed by atoms with Crippen LogP contribution in [0.5, 0.6) is 5.75 Å². The van der Waals surface area contributed by atoms with E-state index in [1.165, 1.54) is 10.9 Å². The topological polar surface area (TPSA) is 96.3 Å². The number of carbonyl (C=O) groups excluding carboxylic acids is 2. The van der Waals surface area contributed by atoms with E-state index in [9.17, 15) is 14.7 Å². The van der Waals surface area contributed by atoms with Crippen molar-refractivity contribution in [2.24, 2.45) is 0 Å². The van der Waals surface area contributed by atoms with Crippen LogP contribution in [0.25, 0.3) is 5.69 Å². The van der Waals surface area contributed by atoms with E-state index < -0.39 is 11.3 Å². The molecular formula is C20H17ClN4O3. The number of para-hydroxylation sites is 1. The second-order valence-electron chi connectivity index (χ2n) is 6.64. The Morgan fingerprint density at radius 3 is 2.50 bits per heavy atom. The second-order valence-corrected chi connectivity index (χ2v) is 7.08. The summed E-state index contributed by atoms with van der Waals surface area (Å²) in [5.41, 5.74) is 5.39. The minimum Gasteiger partial charge on any atom is -0.504 e. The molecule has 7 nitrogen and oxygen atoms in total. The Hall–Kier alpha value is -3.32. The highest BCUT2D eigenvalue weighted by molar-refractivity contribution is 6.30. The molecule has 8 heteroatoms. The quantitative estimate of drug-likeness (QED) is 0.591. The van der Waals surface area contributed by atoms with E-state index in [4.69, 9.17) is 11.6 Å². The average Bonchev–Trinajstić information content (AvgIpc) is 3.43. The zero-order valence-corrected chi connectivity index (χ0v) is 15.5. The van der Waals surface area contributed by atoms with Crippen molar-refractivity contribution in [1.82, 2.24) is 20.6 Å². The molecule has 28 heavy (non-hydrogen) atoms. The molecule has 1 fully saturated rings. The van der Waals surface area contributed by atoms with Gasteiger partial charge in [-0.1, -0.05) is 41.9 Å². The van der Waals surface area contributed by atoms with E-state index in [0.29, 0.717) is 23.6 Å². The smallest absolute Gasteiger partial charge is 0.294 e. The molecule has 1 saturated carbocycles. The van der Waals surface area contributed by atoms with Crippen molar-refractivity contribution in [1.29, 1.82) is 0 Å². The first-order chi connectivity index (χ1) is 13.5. The molecule has 2 aromatic carbocycles. The molecule has 1 aromatic heterocycles. The summed E-state index contributed by atoms with van der Waals surface area (Å²) in [5, 5.41) is 14.7. The van der Waals surface area contributed by atoms with Gasteiger partial charge in [0.2, 0.25) is 5.91 Å².